The largest absolute Gasteiger partial charge is 0.368 e. The molecule has 0 aliphatic heterocycles. The summed E-state index contributed by atoms with van der Waals surface area (Å²) in [6.45, 7) is 0.484. The lowest BCUT2D eigenvalue weighted by Gasteiger charge is -2.14. The van der Waals surface area contributed by atoms with Gasteiger partial charge in [-0.2, -0.15) is 0 Å². The van der Waals surface area contributed by atoms with E-state index in [0.717, 1.165) is 11.8 Å². The highest BCUT2D eigenvalue weighted by Gasteiger charge is 2.16. The molecule has 1 aromatic rings. The van der Waals surface area contributed by atoms with Crippen LogP contribution in [0.25, 0.3) is 0 Å². The van der Waals surface area contributed by atoms with Crippen molar-refractivity contribution in [1.82, 2.24) is 5.32 Å². The summed E-state index contributed by atoms with van der Waals surface area (Å²) in [6, 6.07) is 8.90. The first-order chi connectivity index (χ1) is 8.38. The number of rotatable bonds is 7. The molecule has 0 aliphatic rings. The van der Waals surface area contributed by atoms with Crippen LogP contribution in [0.1, 0.15) is 12.0 Å². The van der Waals surface area contributed by atoms with E-state index in [2.05, 4.69) is 5.32 Å². The van der Waals surface area contributed by atoms with Crippen LogP contribution < -0.4 is 11.1 Å². The molecular weight excluding hydrogens is 252 g/mol. The first-order valence-corrected chi connectivity index (χ1v) is 7.69. The lowest BCUT2D eigenvalue weighted by molar-refractivity contribution is -0.120. The van der Waals surface area contributed by atoms with Crippen molar-refractivity contribution in [2.75, 3.05) is 12.0 Å². The predicted molar refractivity (Wildman–Crippen MR) is 70.6 cm³/mol. The van der Waals surface area contributed by atoms with E-state index in [1.807, 2.05) is 30.3 Å². The molecule has 3 N–H and O–H groups in total. The topological polar surface area (TPSA) is 89.3 Å². The van der Waals surface area contributed by atoms with Crippen molar-refractivity contribution in [1.29, 1.82) is 0 Å². The summed E-state index contributed by atoms with van der Waals surface area (Å²) in [4.78, 5) is 11.2. The minimum Gasteiger partial charge on any atom is -0.368 e. The maximum Gasteiger partial charge on any atom is 0.234 e. The second-order valence-electron chi connectivity index (χ2n) is 4.24. The van der Waals surface area contributed by atoms with Crippen LogP contribution in [0.3, 0.4) is 0 Å². The second kappa shape index (κ2) is 6.51. The zero-order valence-electron chi connectivity index (χ0n) is 10.3. The average Bonchev–Trinajstić information content (AvgIpc) is 2.28. The molecule has 6 heteroatoms. The van der Waals surface area contributed by atoms with Crippen LogP contribution in [-0.2, 0) is 21.2 Å². The number of sulfone groups is 1. The Hall–Kier alpha value is -1.40. The van der Waals surface area contributed by atoms with Gasteiger partial charge < -0.3 is 11.1 Å². The van der Waals surface area contributed by atoms with Crippen molar-refractivity contribution >= 4 is 15.7 Å². The molecule has 0 saturated heterocycles. The maximum absolute atomic E-state index is 11.2. The van der Waals surface area contributed by atoms with Crippen molar-refractivity contribution in [2.24, 2.45) is 5.73 Å². The van der Waals surface area contributed by atoms with Crippen LogP contribution in [0.5, 0.6) is 0 Å². The van der Waals surface area contributed by atoms with Gasteiger partial charge in [0.25, 0.3) is 0 Å². The SMILES string of the molecule is CS(=O)(=O)CCC(NCc1ccccc1)C(N)=O. The number of carbonyl (C=O) groups excluding carboxylic acids is 1. The van der Waals surface area contributed by atoms with Gasteiger partial charge in [-0.05, 0) is 12.0 Å². The van der Waals surface area contributed by atoms with Gasteiger partial charge in [-0.25, -0.2) is 8.42 Å². The Labute approximate surface area is 107 Å². The Bertz CT molecular complexity index is 485. The van der Waals surface area contributed by atoms with Gasteiger partial charge >= 0.3 is 0 Å². The first kappa shape index (κ1) is 14.7. The molecule has 0 aliphatic carbocycles. The molecule has 0 aromatic heterocycles. The first-order valence-electron chi connectivity index (χ1n) is 5.63. The van der Waals surface area contributed by atoms with Crippen molar-refractivity contribution in [2.45, 2.75) is 19.0 Å². The van der Waals surface area contributed by atoms with Gasteiger partial charge in [0.2, 0.25) is 5.91 Å². The van der Waals surface area contributed by atoms with Crippen LogP contribution in [0.4, 0.5) is 0 Å². The number of primary amides is 1. The number of benzene rings is 1. The molecule has 0 radical (unpaired) electrons. The van der Waals surface area contributed by atoms with Crippen LogP contribution in [0, 0.1) is 0 Å². The van der Waals surface area contributed by atoms with E-state index in [9.17, 15) is 13.2 Å². The average molecular weight is 270 g/mol. The highest BCUT2D eigenvalue weighted by molar-refractivity contribution is 7.90. The minimum atomic E-state index is -3.08. The van der Waals surface area contributed by atoms with E-state index >= 15 is 0 Å². The summed E-state index contributed by atoms with van der Waals surface area (Å²) < 4.78 is 22.1. The molecule has 100 valence electrons. The normalized spacial score (nSPS) is 13.2. The monoisotopic (exact) mass is 270 g/mol. The fourth-order valence-corrected chi connectivity index (χ4v) is 2.18. The molecule has 0 heterocycles. The fraction of sp³-hybridized carbons (Fsp3) is 0.417. The zero-order chi connectivity index (χ0) is 13.6. The van der Waals surface area contributed by atoms with E-state index in [4.69, 9.17) is 5.73 Å². The second-order valence-corrected chi connectivity index (χ2v) is 6.50. The van der Waals surface area contributed by atoms with Crippen LogP contribution in [0.15, 0.2) is 30.3 Å². The number of carbonyl (C=O) groups is 1. The molecular formula is C12H18N2O3S. The number of hydrogen-bond acceptors (Lipinski definition) is 4. The summed E-state index contributed by atoms with van der Waals surface area (Å²) in [5, 5.41) is 2.97. The van der Waals surface area contributed by atoms with Crippen LogP contribution >= 0.6 is 0 Å². The number of nitrogens with two attached hydrogens (primary N) is 1. The smallest absolute Gasteiger partial charge is 0.234 e. The number of amides is 1. The third kappa shape index (κ3) is 5.79. The van der Waals surface area contributed by atoms with E-state index in [1.165, 1.54) is 0 Å². The maximum atomic E-state index is 11.2. The van der Waals surface area contributed by atoms with Crippen molar-refractivity contribution in [3.63, 3.8) is 0 Å². The molecule has 0 spiro atoms. The number of nitrogens with one attached hydrogen (secondary N) is 1. The molecule has 1 unspecified atom stereocenters. The lowest BCUT2D eigenvalue weighted by atomic mass is 10.2. The Morgan fingerprint density at radius 3 is 2.44 bits per heavy atom. The summed E-state index contributed by atoms with van der Waals surface area (Å²) >= 11 is 0. The molecule has 0 bridgehead atoms. The fourth-order valence-electron chi connectivity index (χ4n) is 1.51. The quantitative estimate of drug-likeness (QED) is 0.733. The molecule has 1 aromatic carbocycles. The van der Waals surface area contributed by atoms with Crippen LogP contribution in [0.2, 0.25) is 0 Å². The van der Waals surface area contributed by atoms with Gasteiger partial charge in [-0.3, -0.25) is 4.79 Å². The Kier molecular flexibility index (Phi) is 5.30. The molecule has 0 fully saturated rings. The highest BCUT2D eigenvalue weighted by atomic mass is 32.2. The highest BCUT2D eigenvalue weighted by Crippen LogP contribution is 2.01. The van der Waals surface area contributed by atoms with Gasteiger partial charge in [0, 0.05) is 12.8 Å². The van der Waals surface area contributed by atoms with Gasteiger partial charge in [-0.1, -0.05) is 30.3 Å². The molecule has 0 saturated carbocycles. The lowest BCUT2D eigenvalue weighted by Crippen LogP contribution is -2.42. The third-order valence-corrected chi connectivity index (χ3v) is 3.49. The van der Waals surface area contributed by atoms with Crippen molar-refractivity contribution < 1.29 is 13.2 Å². The number of hydrogen-bond donors (Lipinski definition) is 2. The van der Waals surface area contributed by atoms with Gasteiger partial charge in [-0.15, -0.1) is 0 Å². The van der Waals surface area contributed by atoms with Crippen molar-refractivity contribution in [3.8, 4) is 0 Å². The summed E-state index contributed by atoms with van der Waals surface area (Å²) in [7, 11) is -3.08. The zero-order valence-corrected chi connectivity index (χ0v) is 11.1. The molecule has 1 amide bonds. The van der Waals surface area contributed by atoms with Gasteiger partial charge in [0.15, 0.2) is 0 Å². The standard InChI is InChI=1S/C12H18N2O3S/c1-18(16,17)8-7-11(12(13)15)14-9-10-5-3-2-4-6-10/h2-6,11,14H,7-9H2,1H3,(H2,13,15). The predicted octanol–water partition coefficient (Wildman–Crippen LogP) is 0.0648. The Balaban J connectivity index is 2.51. The van der Waals surface area contributed by atoms with Gasteiger partial charge in [0.05, 0.1) is 11.8 Å². The van der Waals surface area contributed by atoms with E-state index in [-0.39, 0.29) is 12.2 Å². The molecule has 1 atom stereocenters. The van der Waals surface area contributed by atoms with Crippen molar-refractivity contribution in [3.05, 3.63) is 35.9 Å². The summed E-state index contributed by atoms with van der Waals surface area (Å²) in [5.41, 5.74) is 6.25. The molecule has 5 nitrogen and oxygen atoms in total. The third-order valence-electron chi connectivity index (χ3n) is 2.52. The summed E-state index contributed by atoms with van der Waals surface area (Å²) in [5.74, 6) is -0.586. The van der Waals surface area contributed by atoms with E-state index in [1.54, 1.807) is 0 Å². The van der Waals surface area contributed by atoms with Crippen LogP contribution in [-0.4, -0.2) is 32.4 Å². The van der Waals surface area contributed by atoms with E-state index in [0.29, 0.717) is 6.54 Å². The Morgan fingerprint density at radius 1 is 1.33 bits per heavy atom. The van der Waals surface area contributed by atoms with Gasteiger partial charge in [0.1, 0.15) is 9.84 Å². The minimum absolute atomic E-state index is 0.0532. The molecule has 18 heavy (non-hydrogen) atoms. The van der Waals surface area contributed by atoms with E-state index < -0.39 is 21.8 Å². The molecule has 1 rings (SSSR count). The Morgan fingerprint density at radius 2 is 1.94 bits per heavy atom. The summed E-state index contributed by atoms with van der Waals surface area (Å²) in [6.07, 6.45) is 1.34.